The van der Waals surface area contributed by atoms with Crippen molar-refractivity contribution in [1.82, 2.24) is 0 Å². The van der Waals surface area contributed by atoms with Gasteiger partial charge in [-0.15, -0.1) is 0 Å². The minimum absolute atomic E-state index is 0.162. The van der Waals surface area contributed by atoms with Gasteiger partial charge in [-0.3, -0.25) is 4.79 Å². The van der Waals surface area contributed by atoms with Crippen molar-refractivity contribution in [2.45, 2.75) is 46.5 Å². The second-order valence-electron chi connectivity index (χ2n) is 5.02. The van der Waals surface area contributed by atoms with Crippen LogP contribution >= 0.6 is 0 Å². The maximum Gasteiger partial charge on any atom is 0.135 e. The molecule has 16 heavy (non-hydrogen) atoms. The molecule has 0 saturated carbocycles. The molecule has 88 valence electrons. The summed E-state index contributed by atoms with van der Waals surface area (Å²) in [5.74, 6) is 1.09. The Kier molecular flexibility index (Phi) is 4.72. The molecule has 0 N–H and O–H groups in total. The van der Waals surface area contributed by atoms with Crippen LogP contribution < -0.4 is 0 Å². The van der Waals surface area contributed by atoms with E-state index < -0.39 is 0 Å². The van der Waals surface area contributed by atoms with E-state index in [1.165, 1.54) is 11.1 Å². The Labute approximate surface area is 98.9 Å². The molecule has 0 aliphatic heterocycles. The topological polar surface area (TPSA) is 17.1 Å². The molecule has 0 radical (unpaired) electrons. The maximum atomic E-state index is 11.5. The molecule has 1 heteroatoms. The minimum Gasteiger partial charge on any atom is -0.299 e. The van der Waals surface area contributed by atoms with Gasteiger partial charge in [-0.2, -0.15) is 0 Å². The third-order valence-electron chi connectivity index (χ3n) is 2.95. The van der Waals surface area contributed by atoms with Crippen molar-refractivity contribution in [3.8, 4) is 0 Å². The van der Waals surface area contributed by atoms with Crippen LogP contribution in [0.1, 0.15) is 51.2 Å². The molecular weight excluding hydrogens is 196 g/mol. The number of Topliss-reactive ketones (excluding diaryl/α,β-unsaturated/α-hetero) is 1. The van der Waals surface area contributed by atoms with Gasteiger partial charge in [0.05, 0.1) is 0 Å². The Balaban J connectivity index is 2.53. The summed E-state index contributed by atoms with van der Waals surface area (Å²) in [7, 11) is 0. The summed E-state index contributed by atoms with van der Waals surface area (Å²) in [5, 5.41) is 0. The molecule has 0 unspecified atom stereocenters. The van der Waals surface area contributed by atoms with Crippen molar-refractivity contribution < 1.29 is 4.79 Å². The number of rotatable bonds is 5. The van der Waals surface area contributed by atoms with Crippen LogP contribution in [0.4, 0.5) is 0 Å². The Morgan fingerprint density at radius 1 is 1.06 bits per heavy atom. The molecule has 0 amide bonds. The van der Waals surface area contributed by atoms with Crippen LogP contribution in [0, 0.1) is 5.92 Å². The molecule has 1 rings (SSSR count). The normalized spacial score (nSPS) is 11.1. The van der Waals surface area contributed by atoms with Crippen LogP contribution in [0.25, 0.3) is 0 Å². The number of carbonyl (C=O) groups is 1. The van der Waals surface area contributed by atoms with E-state index in [1.54, 1.807) is 0 Å². The summed E-state index contributed by atoms with van der Waals surface area (Å²) in [6, 6.07) is 8.62. The van der Waals surface area contributed by atoms with Gasteiger partial charge in [0.25, 0.3) is 0 Å². The van der Waals surface area contributed by atoms with E-state index in [0.29, 0.717) is 18.1 Å². The first-order valence-corrected chi connectivity index (χ1v) is 6.12. The maximum absolute atomic E-state index is 11.5. The highest BCUT2D eigenvalue weighted by molar-refractivity contribution is 5.80. The van der Waals surface area contributed by atoms with Gasteiger partial charge in [-0.25, -0.2) is 0 Å². The lowest BCUT2D eigenvalue weighted by Gasteiger charge is -2.07. The fraction of sp³-hybridized carbons (Fsp3) is 0.533. The standard InChI is InChI=1S/C15H22O/c1-11(2)14-8-5-13(6-9-14)7-10-15(16)12(3)4/h5-6,8-9,11-12H,7,10H2,1-4H3. The third kappa shape index (κ3) is 3.80. The lowest BCUT2D eigenvalue weighted by molar-refractivity contribution is -0.121. The zero-order valence-corrected chi connectivity index (χ0v) is 10.8. The first kappa shape index (κ1) is 13.0. The van der Waals surface area contributed by atoms with Gasteiger partial charge in [-0.1, -0.05) is 52.0 Å². The van der Waals surface area contributed by atoms with Crippen LogP contribution in [-0.4, -0.2) is 5.78 Å². The second kappa shape index (κ2) is 5.83. The quantitative estimate of drug-likeness (QED) is 0.731. The summed E-state index contributed by atoms with van der Waals surface area (Å²) in [4.78, 5) is 11.5. The third-order valence-corrected chi connectivity index (χ3v) is 2.95. The van der Waals surface area contributed by atoms with Crippen LogP contribution in [0.2, 0.25) is 0 Å². The highest BCUT2D eigenvalue weighted by atomic mass is 16.1. The zero-order valence-electron chi connectivity index (χ0n) is 10.8. The van der Waals surface area contributed by atoms with E-state index in [9.17, 15) is 4.79 Å². The molecular formula is C15H22O. The second-order valence-corrected chi connectivity index (χ2v) is 5.02. The first-order chi connectivity index (χ1) is 7.50. The highest BCUT2D eigenvalue weighted by Gasteiger charge is 2.07. The van der Waals surface area contributed by atoms with E-state index in [-0.39, 0.29) is 5.92 Å². The van der Waals surface area contributed by atoms with Crippen molar-refractivity contribution in [1.29, 1.82) is 0 Å². The number of ketones is 1. The Morgan fingerprint density at radius 2 is 1.62 bits per heavy atom. The van der Waals surface area contributed by atoms with Gasteiger partial charge in [0, 0.05) is 12.3 Å². The van der Waals surface area contributed by atoms with E-state index in [0.717, 1.165) is 6.42 Å². The van der Waals surface area contributed by atoms with E-state index in [2.05, 4.69) is 38.1 Å². The Hall–Kier alpha value is -1.11. The molecule has 0 spiro atoms. The summed E-state index contributed by atoms with van der Waals surface area (Å²) >= 11 is 0. The van der Waals surface area contributed by atoms with Crippen molar-refractivity contribution in [3.63, 3.8) is 0 Å². The van der Waals surface area contributed by atoms with Gasteiger partial charge < -0.3 is 0 Å². The molecule has 0 atom stereocenters. The number of hydrogen-bond acceptors (Lipinski definition) is 1. The zero-order chi connectivity index (χ0) is 12.1. The van der Waals surface area contributed by atoms with Crippen molar-refractivity contribution in [3.05, 3.63) is 35.4 Å². The molecule has 0 saturated heterocycles. The predicted octanol–water partition coefficient (Wildman–Crippen LogP) is 3.97. The van der Waals surface area contributed by atoms with Crippen LogP contribution in [0.3, 0.4) is 0 Å². The monoisotopic (exact) mass is 218 g/mol. The van der Waals surface area contributed by atoms with Crippen LogP contribution in [-0.2, 0) is 11.2 Å². The van der Waals surface area contributed by atoms with Crippen LogP contribution in [0.5, 0.6) is 0 Å². The Morgan fingerprint density at radius 3 is 2.06 bits per heavy atom. The summed E-state index contributed by atoms with van der Waals surface area (Å²) in [5.41, 5.74) is 2.62. The Bertz CT molecular complexity index is 333. The molecule has 1 nitrogen and oxygen atoms in total. The molecule has 1 aromatic carbocycles. The molecule has 1 aromatic rings. The van der Waals surface area contributed by atoms with E-state index in [4.69, 9.17) is 0 Å². The summed E-state index contributed by atoms with van der Waals surface area (Å²) in [6.45, 7) is 8.31. The number of hydrogen-bond donors (Lipinski definition) is 0. The average Bonchev–Trinajstić information content (AvgIpc) is 2.26. The lowest BCUT2D eigenvalue weighted by Crippen LogP contribution is -2.07. The summed E-state index contributed by atoms with van der Waals surface area (Å²) in [6.07, 6.45) is 1.54. The summed E-state index contributed by atoms with van der Waals surface area (Å²) < 4.78 is 0. The highest BCUT2D eigenvalue weighted by Crippen LogP contribution is 2.15. The SMILES string of the molecule is CC(C)C(=O)CCc1ccc(C(C)C)cc1. The lowest BCUT2D eigenvalue weighted by atomic mass is 9.98. The van der Waals surface area contributed by atoms with Crippen molar-refractivity contribution in [2.24, 2.45) is 5.92 Å². The number of benzene rings is 1. The molecule has 0 heterocycles. The van der Waals surface area contributed by atoms with Gasteiger partial charge in [0.1, 0.15) is 5.78 Å². The predicted molar refractivity (Wildman–Crippen MR) is 68.7 cm³/mol. The van der Waals surface area contributed by atoms with E-state index in [1.807, 2.05) is 13.8 Å². The fourth-order valence-electron chi connectivity index (χ4n) is 1.63. The molecule has 0 fully saturated rings. The molecule has 0 aliphatic rings. The first-order valence-electron chi connectivity index (χ1n) is 6.12. The fourth-order valence-corrected chi connectivity index (χ4v) is 1.63. The number of carbonyl (C=O) groups excluding carboxylic acids is 1. The van der Waals surface area contributed by atoms with Gasteiger partial charge in [0.2, 0.25) is 0 Å². The van der Waals surface area contributed by atoms with Crippen molar-refractivity contribution >= 4 is 5.78 Å². The number of aryl methyl sites for hydroxylation is 1. The van der Waals surface area contributed by atoms with Gasteiger partial charge in [-0.05, 0) is 23.5 Å². The van der Waals surface area contributed by atoms with Gasteiger partial charge >= 0.3 is 0 Å². The molecule has 0 aliphatic carbocycles. The average molecular weight is 218 g/mol. The van der Waals surface area contributed by atoms with Gasteiger partial charge in [0.15, 0.2) is 0 Å². The largest absolute Gasteiger partial charge is 0.299 e. The minimum atomic E-state index is 0.162. The molecule has 0 aromatic heterocycles. The van der Waals surface area contributed by atoms with Crippen molar-refractivity contribution in [2.75, 3.05) is 0 Å². The smallest absolute Gasteiger partial charge is 0.135 e. The molecule has 0 bridgehead atoms. The van der Waals surface area contributed by atoms with Crippen LogP contribution in [0.15, 0.2) is 24.3 Å². The van der Waals surface area contributed by atoms with E-state index >= 15 is 0 Å².